The average Bonchev–Trinajstić information content (AvgIpc) is 2.78. The van der Waals surface area contributed by atoms with Gasteiger partial charge < -0.3 is 9.52 Å². The Bertz CT molecular complexity index is 498. The van der Waals surface area contributed by atoms with Gasteiger partial charge in [0.2, 0.25) is 5.89 Å². The van der Waals surface area contributed by atoms with Crippen LogP contribution in [0.25, 0.3) is 11.5 Å². The van der Waals surface area contributed by atoms with Crippen LogP contribution < -0.4 is 0 Å². The smallest absolute Gasteiger partial charge is 0.304 e. The number of aromatic nitrogens is 2. The Kier molecular flexibility index (Phi) is 3.77. The summed E-state index contributed by atoms with van der Waals surface area (Å²) in [5, 5.41) is 16.6. The third-order valence-electron chi connectivity index (χ3n) is 1.97. The highest BCUT2D eigenvalue weighted by molar-refractivity contribution is 7.99. The van der Waals surface area contributed by atoms with E-state index in [4.69, 9.17) is 9.52 Å². The van der Waals surface area contributed by atoms with Crippen LogP contribution in [0.1, 0.15) is 6.42 Å². The minimum atomic E-state index is -0.833. The lowest BCUT2D eigenvalue weighted by Gasteiger charge is -1.93. The van der Waals surface area contributed by atoms with Gasteiger partial charge in [0.1, 0.15) is 0 Å². The van der Waals surface area contributed by atoms with Crippen LogP contribution in [-0.4, -0.2) is 27.0 Å². The topological polar surface area (TPSA) is 76.2 Å². The third kappa shape index (κ3) is 3.32. The van der Waals surface area contributed by atoms with Crippen molar-refractivity contribution in [3.8, 4) is 11.5 Å². The Morgan fingerprint density at radius 3 is 2.76 bits per heavy atom. The van der Waals surface area contributed by atoms with Gasteiger partial charge in [0, 0.05) is 11.3 Å². The van der Waals surface area contributed by atoms with Crippen molar-refractivity contribution in [1.82, 2.24) is 10.2 Å². The minimum Gasteiger partial charge on any atom is -0.481 e. The summed E-state index contributed by atoms with van der Waals surface area (Å²) in [7, 11) is 0. The fraction of sp³-hybridized carbons (Fsp3) is 0.182. The summed E-state index contributed by atoms with van der Waals surface area (Å²) in [6.07, 6.45) is 0.0771. The number of thioether (sulfide) groups is 1. The number of rotatable bonds is 5. The van der Waals surface area contributed by atoms with Crippen molar-refractivity contribution in [3.05, 3.63) is 30.3 Å². The molecule has 0 amide bonds. The van der Waals surface area contributed by atoms with E-state index in [-0.39, 0.29) is 6.42 Å². The summed E-state index contributed by atoms with van der Waals surface area (Å²) < 4.78 is 5.40. The van der Waals surface area contributed by atoms with E-state index in [0.717, 1.165) is 5.56 Å². The third-order valence-corrected chi connectivity index (χ3v) is 2.79. The van der Waals surface area contributed by atoms with Crippen LogP contribution in [0.15, 0.2) is 40.0 Å². The van der Waals surface area contributed by atoms with Crippen molar-refractivity contribution in [2.45, 2.75) is 11.6 Å². The van der Waals surface area contributed by atoms with Gasteiger partial charge in [-0.1, -0.05) is 30.0 Å². The summed E-state index contributed by atoms with van der Waals surface area (Å²) in [5.74, 6) is 0.0369. The second kappa shape index (κ2) is 5.49. The largest absolute Gasteiger partial charge is 0.481 e. The van der Waals surface area contributed by atoms with Gasteiger partial charge in [0.05, 0.1) is 6.42 Å². The van der Waals surface area contributed by atoms with Crippen molar-refractivity contribution in [1.29, 1.82) is 0 Å². The number of aliphatic carboxylic acids is 1. The molecule has 88 valence electrons. The van der Waals surface area contributed by atoms with Gasteiger partial charge in [-0.15, -0.1) is 10.2 Å². The molecule has 5 nitrogen and oxygen atoms in total. The first-order valence-corrected chi connectivity index (χ1v) is 5.98. The highest BCUT2D eigenvalue weighted by atomic mass is 32.2. The van der Waals surface area contributed by atoms with E-state index in [1.54, 1.807) is 0 Å². The van der Waals surface area contributed by atoms with Crippen LogP contribution in [0.4, 0.5) is 0 Å². The molecule has 1 aromatic heterocycles. The fourth-order valence-corrected chi connectivity index (χ4v) is 1.88. The summed E-state index contributed by atoms with van der Waals surface area (Å²) in [4.78, 5) is 10.3. The maximum absolute atomic E-state index is 10.3. The molecule has 0 atom stereocenters. The van der Waals surface area contributed by atoms with Gasteiger partial charge in [-0.3, -0.25) is 4.79 Å². The Hall–Kier alpha value is -1.82. The lowest BCUT2D eigenvalue weighted by Crippen LogP contribution is -1.95. The molecule has 2 rings (SSSR count). The van der Waals surface area contributed by atoms with E-state index in [0.29, 0.717) is 16.9 Å². The molecular formula is C11H10N2O3S. The molecular weight excluding hydrogens is 240 g/mol. The molecule has 0 radical (unpaired) electrons. The molecule has 0 aliphatic heterocycles. The van der Waals surface area contributed by atoms with Gasteiger partial charge in [-0.05, 0) is 12.1 Å². The summed E-state index contributed by atoms with van der Waals surface area (Å²) in [6.45, 7) is 0. The normalized spacial score (nSPS) is 10.4. The Morgan fingerprint density at radius 1 is 1.29 bits per heavy atom. The molecule has 0 bridgehead atoms. The number of carbonyl (C=O) groups is 1. The maximum Gasteiger partial charge on any atom is 0.304 e. The molecule has 1 N–H and O–H groups in total. The monoisotopic (exact) mass is 250 g/mol. The van der Waals surface area contributed by atoms with Crippen molar-refractivity contribution in [2.75, 3.05) is 5.75 Å². The van der Waals surface area contributed by atoms with Crippen LogP contribution >= 0.6 is 11.8 Å². The standard InChI is InChI=1S/C11H10N2O3S/c14-9(15)6-7-17-11-13-12-10(16-11)8-4-2-1-3-5-8/h1-5H,6-7H2,(H,14,15). The number of carboxylic acids is 1. The zero-order valence-corrected chi connectivity index (χ0v) is 9.68. The fourth-order valence-electron chi connectivity index (χ4n) is 1.19. The molecule has 0 aliphatic rings. The Morgan fingerprint density at radius 2 is 2.06 bits per heavy atom. The second-order valence-electron chi connectivity index (χ2n) is 3.23. The van der Waals surface area contributed by atoms with E-state index < -0.39 is 5.97 Å². The lowest BCUT2D eigenvalue weighted by molar-refractivity contribution is -0.136. The summed E-state index contributed by atoms with van der Waals surface area (Å²) in [6, 6.07) is 9.42. The molecule has 1 heterocycles. The van der Waals surface area contributed by atoms with Crippen LogP contribution in [-0.2, 0) is 4.79 Å². The van der Waals surface area contributed by atoms with Crippen LogP contribution in [0, 0.1) is 0 Å². The quantitative estimate of drug-likeness (QED) is 0.820. The molecule has 0 aliphatic carbocycles. The van der Waals surface area contributed by atoms with Crippen LogP contribution in [0.2, 0.25) is 0 Å². The molecule has 1 aromatic carbocycles. The molecule has 0 spiro atoms. The van der Waals surface area contributed by atoms with Gasteiger partial charge in [-0.2, -0.15) is 0 Å². The van der Waals surface area contributed by atoms with Crippen molar-refractivity contribution < 1.29 is 14.3 Å². The number of hydrogen-bond donors (Lipinski definition) is 1. The molecule has 6 heteroatoms. The number of hydrogen-bond acceptors (Lipinski definition) is 5. The first-order chi connectivity index (χ1) is 8.25. The predicted octanol–water partition coefficient (Wildman–Crippen LogP) is 2.30. The van der Waals surface area contributed by atoms with E-state index >= 15 is 0 Å². The van der Waals surface area contributed by atoms with Crippen molar-refractivity contribution >= 4 is 17.7 Å². The predicted molar refractivity (Wildman–Crippen MR) is 62.7 cm³/mol. The van der Waals surface area contributed by atoms with Crippen molar-refractivity contribution in [2.24, 2.45) is 0 Å². The first-order valence-electron chi connectivity index (χ1n) is 4.99. The molecule has 2 aromatic rings. The highest BCUT2D eigenvalue weighted by Crippen LogP contribution is 2.22. The van der Waals surface area contributed by atoms with Crippen LogP contribution in [0.5, 0.6) is 0 Å². The van der Waals surface area contributed by atoms with Gasteiger partial charge in [0.25, 0.3) is 5.22 Å². The summed E-state index contributed by atoms with van der Waals surface area (Å²) >= 11 is 1.24. The minimum absolute atomic E-state index is 0.0771. The Labute approximate surface area is 102 Å². The molecule has 0 unspecified atom stereocenters. The van der Waals surface area contributed by atoms with Gasteiger partial charge in [0.15, 0.2) is 0 Å². The first kappa shape index (κ1) is 11.7. The number of nitrogens with zero attached hydrogens (tertiary/aromatic N) is 2. The van der Waals surface area contributed by atoms with Crippen molar-refractivity contribution in [3.63, 3.8) is 0 Å². The summed E-state index contributed by atoms with van der Waals surface area (Å²) in [5.41, 5.74) is 0.852. The zero-order valence-electron chi connectivity index (χ0n) is 8.87. The van der Waals surface area contributed by atoms with E-state index in [9.17, 15) is 4.79 Å². The lowest BCUT2D eigenvalue weighted by atomic mass is 10.2. The molecule has 0 fully saturated rings. The van der Waals surface area contributed by atoms with Gasteiger partial charge in [-0.25, -0.2) is 0 Å². The number of carboxylic acid groups (broad SMARTS) is 1. The van der Waals surface area contributed by atoms with E-state index in [1.807, 2.05) is 30.3 Å². The molecule has 17 heavy (non-hydrogen) atoms. The second-order valence-corrected chi connectivity index (χ2v) is 4.28. The average molecular weight is 250 g/mol. The SMILES string of the molecule is O=C(O)CCSc1nnc(-c2ccccc2)o1. The van der Waals surface area contributed by atoms with E-state index in [2.05, 4.69) is 10.2 Å². The molecule has 0 saturated heterocycles. The van der Waals surface area contributed by atoms with Crippen LogP contribution in [0.3, 0.4) is 0 Å². The molecule has 0 saturated carbocycles. The highest BCUT2D eigenvalue weighted by Gasteiger charge is 2.08. The zero-order chi connectivity index (χ0) is 12.1. The van der Waals surface area contributed by atoms with Gasteiger partial charge >= 0.3 is 5.97 Å². The maximum atomic E-state index is 10.3. The Balaban J connectivity index is 1.99. The number of benzene rings is 1. The van der Waals surface area contributed by atoms with E-state index in [1.165, 1.54) is 11.8 Å².